The number of benzene rings is 2. The molecule has 166 valence electrons. The molecule has 0 saturated carbocycles. The van der Waals surface area contributed by atoms with Gasteiger partial charge in [-0.05, 0) is 43.7 Å². The number of para-hydroxylation sites is 2. The summed E-state index contributed by atoms with van der Waals surface area (Å²) < 4.78 is 5.48. The van der Waals surface area contributed by atoms with Crippen LogP contribution >= 0.6 is 0 Å². The first-order valence-corrected chi connectivity index (χ1v) is 10.7. The SMILES string of the molecule is COc1ccccc1N1CCN(CCCCC(=O)c2cccc(NC(=O)CO)c2)CC1. The van der Waals surface area contributed by atoms with E-state index in [1.807, 2.05) is 18.2 Å². The minimum absolute atomic E-state index is 0.0705. The Morgan fingerprint density at radius 3 is 2.55 bits per heavy atom. The number of aliphatic hydroxyl groups is 1. The van der Waals surface area contributed by atoms with Crippen LogP contribution < -0.4 is 15.0 Å². The van der Waals surface area contributed by atoms with E-state index in [9.17, 15) is 9.59 Å². The van der Waals surface area contributed by atoms with Gasteiger partial charge in [0.2, 0.25) is 5.91 Å². The van der Waals surface area contributed by atoms with E-state index in [0.29, 0.717) is 17.7 Å². The lowest BCUT2D eigenvalue weighted by Gasteiger charge is -2.36. The van der Waals surface area contributed by atoms with Crippen molar-refractivity contribution in [1.82, 2.24) is 4.90 Å². The molecule has 2 N–H and O–H groups in total. The number of nitrogens with one attached hydrogen (secondary N) is 1. The molecule has 1 heterocycles. The zero-order valence-corrected chi connectivity index (χ0v) is 18.0. The number of amides is 1. The average molecular weight is 426 g/mol. The maximum atomic E-state index is 12.5. The molecule has 2 aromatic carbocycles. The summed E-state index contributed by atoms with van der Waals surface area (Å²) >= 11 is 0. The van der Waals surface area contributed by atoms with Gasteiger partial charge in [0.25, 0.3) is 0 Å². The van der Waals surface area contributed by atoms with Gasteiger partial charge >= 0.3 is 0 Å². The number of nitrogens with zero attached hydrogens (tertiary/aromatic N) is 2. The van der Waals surface area contributed by atoms with Crippen molar-refractivity contribution in [1.29, 1.82) is 0 Å². The van der Waals surface area contributed by atoms with Gasteiger partial charge in [-0.25, -0.2) is 0 Å². The molecule has 1 saturated heterocycles. The van der Waals surface area contributed by atoms with Crippen LogP contribution in [0.25, 0.3) is 0 Å². The summed E-state index contributed by atoms with van der Waals surface area (Å²) in [5, 5.41) is 11.4. The summed E-state index contributed by atoms with van der Waals surface area (Å²) in [6.45, 7) is 4.33. The van der Waals surface area contributed by atoms with Gasteiger partial charge in [-0.3, -0.25) is 14.5 Å². The molecule has 0 radical (unpaired) electrons. The lowest BCUT2D eigenvalue weighted by molar-refractivity contribution is -0.118. The highest BCUT2D eigenvalue weighted by molar-refractivity contribution is 5.98. The van der Waals surface area contributed by atoms with Gasteiger partial charge in [0.1, 0.15) is 12.4 Å². The van der Waals surface area contributed by atoms with Crippen molar-refractivity contribution < 1.29 is 19.4 Å². The molecule has 3 rings (SSSR count). The standard InChI is InChI=1S/C24H31N3O4/c1-31-23-11-3-2-9-21(23)27-15-13-26(14-16-27)12-5-4-10-22(29)19-7-6-8-20(17-19)25-24(30)18-28/h2-3,6-9,11,17,28H,4-5,10,12-16,18H2,1H3,(H,25,30). The summed E-state index contributed by atoms with van der Waals surface area (Å²) in [5.74, 6) is 0.492. The number of Topliss-reactive ketones (excluding diaryl/α,β-unsaturated/α-hetero) is 1. The van der Waals surface area contributed by atoms with E-state index < -0.39 is 12.5 Å². The molecule has 0 aromatic heterocycles. The maximum Gasteiger partial charge on any atom is 0.250 e. The third kappa shape index (κ3) is 6.54. The molecule has 2 aromatic rings. The number of unbranched alkanes of at least 4 members (excludes halogenated alkanes) is 1. The van der Waals surface area contributed by atoms with Crippen LogP contribution in [0.4, 0.5) is 11.4 Å². The fourth-order valence-corrected chi connectivity index (χ4v) is 3.84. The van der Waals surface area contributed by atoms with Crippen molar-refractivity contribution in [3.05, 3.63) is 54.1 Å². The fourth-order valence-electron chi connectivity index (χ4n) is 3.84. The van der Waals surface area contributed by atoms with Crippen LogP contribution in [0.5, 0.6) is 5.75 Å². The number of hydrogen-bond acceptors (Lipinski definition) is 6. The van der Waals surface area contributed by atoms with Crippen molar-refractivity contribution in [3.63, 3.8) is 0 Å². The van der Waals surface area contributed by atoms with E-state index in [1.165, 1.54) is 0 Å². The van der Waals surface area contributed by atoms with Crippen LogP contribution in [0.15, 0.2) is 48.5 Å². The van der Waals surface area contributed by atoms with Crippen LogP contribution in [-0.4, -0.2) is 68.1 Å². The van der Waals surface area contributed by atoms with Gasteiger partial charge in [0.05, 0.1) is 12.8 Å². The third-order valence-corrected chi connectivity index (χ3v) is 5.54. The van der Waals surface area contributed by atoms with E-state index in [-0.39, 0.29) is 5.78 Å². The fraction of sp³-hybridized carbons (Fsp3) is 0.417. The predicted molar refractivity (Wildman–Crippen MR) is 122 cm³/mol. The number of hydrogen-bond donors (Lipinski definition) is 2. The first kappa shape index (κ1) is 22.8. The Morgan fingerprint density at radius 1 is 1.03 bits per heavy atom. The Bertz CT molecular complexity index is 879. The topological polar surface area (TPSA) is 82.1 Å². The number of ketones is 1. The maximum absolute atomic E-state index is 12.5. The molecule has 1 amide bonds. The van der Waals surface area contributed by atoms with Gasteiger partial charge in [-0.2, -0.15) is 0 Å². The number of ether oxygens (including phenoxy) is 1. The second-order valence-corrected chi connectivity index (χ2v) is 7.67. The monoisotopic (exact) mass is 425 g/mol. The Balaban J connectivity index is 1.38. The molecule has 1 aliphatic heterocycles. The molecule has 0 bridgehead atoms. The molecule has 0 aliphatic carbocycles. The minimum Gasteiger partial charge on any atom is -0.495 e. The zero-order chi connectivity index (χ0) is 22.1. The summed E-state index contributed by atoms with van der Waals surface area (Å²) in [6.07, 6.45) is 2.29. The van der Waals surface area contributed by atoms with Gasteiger partial charge < -0.3 is 20.1 Å². The van der Waals surface area contributed by atoms with E-state index >= 15 is 0 Å². The largest absolute Gasteiger partial charge is 0.495 e. The number of carbonyl (C=O) groups excluding carboxylic acids is 2. The van der Waals surface area contributed by atoms with Crippen molar-refractivity contribution in [2.45, 2.75) is 19.3 Å². The highest BCUT2D eigenvalue weighted by Gasteiger charge is 2.19. The van der Waals surface area contributed by atoms with Crippen LogP contribution in [0.3, 0.4) is 0 Å². The molecule has 0 atom stereocenters. The van der Waals surface area contributed by atoms with Crippen molar-refractivity contribution in [3.8, 4) is 5.75 Å². The Morgan fingerprint density at radius 2 is 1.81 bits per heavy atom. The molecule has 0 unspecified atom stereocenters. The molecule has 1 fully saturated rings. The second-order valence-electron chi connectivity index (χ2n) is 7.67. The Kier molecular flexibility index (Phi) is 8.44. The Labute approximate surface area is 183 Å². The van der Waals surface area contributed by atoms with Gasteiger partial charge in [0, 0.05) is 43.9 Å². The van der Waals surface area contributed by atoms with Gasteiger partial charge in [0.15, 0.2) is 5.78 Å². The zero-order valence-electron chi connectivity index (χ0n) is 18.0. The molecule has 31 heavy (non-hydrogen) atoms. The van der Waals surface area contributed by atoms with Crippen LogP contribution in [0.1, 0.15) is 29.6 Å². The quantitative estimate of drug-likeness (QED) is 0.450. The summed E-state index contributed by atoms with van der Waals surface area (Å²) in [4.78, 5) is 28.6. The van der Waals surface area contributed by atoms with E-state index in [0.717, 1.165) is 57.0 Å². The molecular formula is C24H31N3O4. The summed E-state index contributed by atoms with van der Waals surface area (Å²) in [7, 11) is 1.71. The van der Waals surface area contributed by atoms with E-state index in [2.05, 4.69) is 21.2 Å². The average Bonchev–Trinajstić information content (AvgIpc) is 2.82. The molecule has 7 nitrogen and oxygen atoms in total. The van der Waals surface area contributed by atoms with Gasteiger partial charge in [-0.15, -0.1) is 0 Å². The normalized spacial score (nSPS) is 14.3. The van der Waals surface area contributed by atoms with Gasteiger partial charge in [-0.1, -0.05) is 24.3 Å². The lowest BCUT2D eigenvalue weighted by Crippen LogP contribution is -2.46. The van der Waals surface area contributed by atoms with Crippen molar-refractivity contribution in [2.75, 3.05) is 56.7 Å². The Hall–Kier alpha value is -2.90. The second kappa shape index (κ2) is 11.5. The number of anilines is 2. The summed E-state index contributed by atoms with van der Waals surface area (Å²) in [6, 6.07) is 15.0. The van der Waals surface area contributed by atoms with Crippen LogP contribution in [-0.2, 0) is 4.79 Å². The van der Waals surface area contributed by atoms with E-state index in [1.54, 1.807) is 31.4 Å². The molecular weight excluding hydrogens is 394 g/mol. The third-order valence-electron chi connectivity index (χ3n) is 5.54. The number of aliphatic hydroxyl groups excluding tert-OH is 1. The first-order chi connectivity index (χ1) is 15.1. The summed E-state index contributed by atoms with van der Waals surface area (Å²) in [5.41, 5.74) is 2.26. The number of rotatable bonds is 10. The first-order valence-electron chi connectivity index (χ1n) is 10.7. The van der Waals surface area contributed by atoms with E-state index in [4.69, 9.17) is 9.84 Å². The minimum atomic E-state index is -0.578. The van der Waals surface area contributed by atoms with Crippen molar-refractivity contribution in [2.24, 2.45) is 0 Å². The molecule has 1 aliphatic rings. The molecule has 0 spiro atoms. The van der Waals surface area contributed by atoms with Crippen LogP contribution in [0, 0.1) is 0 Å². The number of carbonyl (C=O) groups is 2. The van der Waals surface area contributed by atoms with Crippen molar-refractivity contribution >= 4 is 23.1 Å². The highest BCUT2D eigenvalue weighted by atomic mass is 16.5. The van der Waals surface area contributed by atoms with Crippen LogP contribution in [0.2, 0.25) is 0 Å². The predicted octanol–water partition coefficient (Wildman–Crippen LogP) is 2.80. The number of piperazine rings is 1. The lowest BCUT2D eigenvalue weighted by atomic mass is 10.0. The highest BCUT2D eigenvalue weighted by Crippen LogP contribution is 2.28. The number of methoxy groups -OCH3 is 1. The molecule has 7 heteroatoms. The smallest absolute Gasteiger partial charge is 0.250 e.